The van der Waals surface area contributed by atoms with Gasteiger partial charge in [0.15, 0.2) is 0 Å². The molecule has 1 heterocycles. The predicted octanol–water partition coefficient (Wildman–Crippen LogP) is 2.07. The van der Waals surface area contributed by atoms with Crippen LogP contribution in [0.5, 0.6) is 0 Å². The third kappa shape index (κ3) is 3.12. The third-order valence-electron chi connectivity index (χ3n) is 3.35. The molecule has 1 aromatic heterocycles. The van der Waals surface area contributed by atoms with Crippen molar-refractivity contribution in [2.24, 2.45) is 0 Å². The number of hydrogen-bond acceptors (Lipinski definition) is 5. The van der Waals surface area contributed by atoms with Crippen molar-refractivity contribution in [2.75, 3.05) is 32.2 Å². The highest BCUT2D eigenvalue weighted by molar-refractivity contribution is 6.05. The molecule has 6 nitrogen and oxygen atoms in total. The van der Waals surface area contributed by atoms with Gasteiger partial charge in [-0.3, -0.25) is 4.79 Å². The van der Waals surface area contributed by atoms with Crippen molar-refractivity contribution in [1.29, 1.82) is 0 Å². The minimum absolute atomic E-state index is 0.00365. The van der Waals surface area contributed by atoms with E-state index in [1.807, 2.05) is 25.1 Å². The summed E-state index contributed by atoms with van der Waals surface area (Å²) in [7, 11) is 1.59. The Hall–Kier alpha value is -2.34. The molecule has 0 unspecified atom stereocenters. The Morgan fingerprint density at radius 1 is 1.36 bits per heavy atom. The van der Waals surface area contributed by atoms with Gasteiger partial charge in [-0.15, -0.1) is 0 Å². The molecule has 2 N–H and O–H groups in total. The lowest BCUT2D eigenvalue weighted by Gasteiger charge is -2.14. The van der Waals surface area contributed by atoms with E-state index in [9.17, 15) is 9.59 Å². The Bertz CT molecular complexity index is 737. The van der Waals surface area contributed by atoms with Crippen LogP contribution in [0.25, 0.3) is 10.9 Å². The molecule has 0 fully saturated rings. The molecule has 0 radical (unpaired) electrons. The molecule has 118 valence electrons. The van der Waals surface area contributed by atoms with Gasteiger partial charge in [0.2, 0.25) is 0 Å². The van der Waals surface area contributed by atoms with Crippen LogP contribution in [0.2, 0.25) is 0 Å². The molecule has 2 aromatic rings. The van der Waals surface area contributed by atoms with E-state index in [1.54, 1.807) is 14.0 Å². The number of anilines is 1. The molecule has 0 bridgehead atoms. The fourth-order valence-electron chi connectivity index (χ4n) is 2.33. The van der Waals surface area contributed by atoms with Gasteiger partial charge in [-0.1, -0.05) is 18.2 Å². The normalized spacial score (nSPS) is 10.7. The van der Waals surface area contributed by atoms with Crippen molar-refractivity contribution < 1.29 is 14.3 Å². The van der Waals surface area contributed by atoms with Crippen LogP contribution in [-0.2, 0) is 9.47 Å². The second kappa shape index (κ2) is 7.09. The van der Waals surface area contributed by atoms with Crippen molar-refractivity contribution in [1.82, 2.24) is 4.98 Å². The van der Waals surface area contributed by atoms with E-state index in [0.717, 1.165) is 10.9 Å². The number of esters is 1. The molecule has 0 spiro atoms. The number of carbonyl (C=O) groups is 1. The minimum Gasteiger partial charge on any atom is -0.462 e. The zero-order valence-corrected chi connectivity index (χ0v) is 13.0. The molecule has 2 rings (SSSR count). The zero-order valence-electron chi connectivity index (χ0n) is 13.0. The third-order valence-corrected chi connectivity index (χ3v) is 3.35. The van der Waals surface area contributed by atoms with Crippen molar-refractivity contribution in [2.45, 2.75) is 13.8 Å². The monoisotopic (exact) mass is 304 g/mol. The predicted molar refractivity (Wildman–Crippen MR) is 85.6 cm³/mol. The number of para-hydroxylation sites is 1. The lowest BCUT2D eigenvalue weighted by Crippen LogP contribution is -2.24. The Labute approximate surface area is 128 Å². The Morgan fingerprint density at radius 2 is 2.14 bits per heavy atom. The first-order chi connectivity index (χ1) is 10.6. The molecule has 0 atom stereocenters. The number of ether oxygens (including phenoxy) is 2. The molecule has 0 aliphatic carbocycles. The van der Waals surface area contributed by atoms with E-state index < -0.39 is 11.5 Å². The fraction of sp³-hybridized carbons (Fsp3) is 0.375. The smallest absolute Gasteiger partial charge is 0.345 e. The molecular weight excluding hydrogens is 284 g/mol. The molecule has 0 aliphatic heterocycles. The fourth-order valence-corrected chi connectivity index (χ4v) is 2.33. The molecule has 0 aliphatic rings. The molecule has 0 saturated heterocycles. The average molecular weight is 304 g/mol. The van der Waals surface area contributed by atoms with Crippen molar-refractivity contribution in [3.8, 4) is 0 Å². The first kappa shape index (κ1) is 16.0. The number of rotatable bonds is 6. The first-order valence-corrected chi connectivity index (χ1v) is 7.15. The molecule has 22 heavy (non-hydrogen) atoms. The average Bonchev–Trinajstić information content (AvgIpc) is 2.48. The van der Waals surface area contributed by atoms with E-state index in [-0.39, 0.29) is 12.2 Å². The van der Waals surface area contributed by atoms with Crippen LogP contribution in [0.3, 0.4) is 0 Å². The Balaban J connectivity index is 2.65. The van der Waals surface area contributed by atoms with Crippen LogP contribution in [0, 0.1) is 6.92 Å². The van der Waals surface area contributed by atoms with Gasteiger partial charge in [0, 0.05) is 19.0 Å². The summed E-state index contributed by atoms with van der Waals surface area (Å²) in [5.41, 5.74) is 1.66. The standard InChI is InChI=1S/C16H20N2O4/c1-4-22-16(20)12-14(17-8-9-21-3)11-7-5-6-10(2)13(11)18-15(12)19/h5-7H,4,8-9H2,1-3H3,(H2,17,18,19). The second-order valence-electron chi connectivity index (χ2n) is 4.84. The number of benzene rings is 1. The van der Waals surface area contributed by atoms with Crippen molar-refractivity contribution >= 4 is 22.6 Å². The second-order valence-corrected chi connectivity index (χ2v) is 4.84. The van der Waals surface area contributed by atoms with Gasteiger partial charge in [0.1, 0.15) is 5.56 Å². The van der Waals surface area contributed by atoms with E-state index >= 15 is 0 Å². The van der Waals surface area contributed by atoms with Gasteiger partial charge in [-0.2, -0.15) is 0 Å². The number of H-pyrrole nitrogens is 1. The van der Waals surface area contributed by atoms with Crippen molar-refractivity contribution in [3.63, 3.8) is 0 Å². The summed E-state index contributed by atoms with van der Waals surface area (Å²) in [6.07, 6.45) is 0. The number of aryl methyl sites for hydroxylation is 1. The van der Waals surface area contributed by atoms with E-state index in [0.29, 0.717) is 24.4 Å². The number of aromatic amines is 1. The van der Waals surface area contributed by atoms with E-state index in [1.165, 1.54) is 0 Å². The summed E-state index contributed by atoms with van der Waals surface area (Å²) in [5, 5.41) is 3.90. The van der Waals surface area contributed by atoms with Gasteiger partial charge in [0.25, 0.3) is 5.56 Å². The van der Waals surface area contributed by atoms with Gasteiger partial charge < -0.3 is 19.8 Å². The number of methoxy groups -OCH3 is 1. The summed E-state index contributed by atoms with van der Waals surface area (Å²) in [4.78, 5) is 27.2. The summed E-state index contributed by atoms with van der Waals surface area (Å²) in [6, 6.07) is 5.64. The van der Waals surface area contributed by atoms with Gasteiger partial charge in [-0.25, -0.2) is 4.79 Å². The summed E-state index contributed by atoms with van der Waals surface area (Å²) in [6.45, 7) is 4.76. The summed E-state index contributed by atoms with van der Waals surface area (Å²) < 4.78 is 10.0. The number of nitrogens with one attached hydrogen (secondary N) is 2. The van der Waals surface area contributed by atoms with Crippen LogP contribution in [0.1, 0.15) is 22.8 Å². The largest absolute Gasteiger partial charge is 0.462 e. The Morgan fingerprint density at radius 3 is 2.82 bits per heavy atom. The maximum absolute atomic E-state index is 12.3. The molecular formula is C16H20N2O4. The number of fused-ring (bicyclic) bond motifs is 1. The zero-order chi connectivity index (χ0) is 16.1. The van der Waals surface area contributed by atoms with Crippen LogP contribution in [-0.4, -0.2) is 37.8 Å². The van der Waals surface area contributed by atoms with Gasteiger partial charge in [-0.05, 0) is 19.4 Å². The highest BCUT2D eigenvalue weighted by Crippen LogP contribution is 2.26. The van der Waals surface area contributed by atoms with Crippen LogP contribution < -0.4 is 10.9 Å². The lowest BCUT2D eigenvalue weighted by molar-refractivity contribution is 0.0525. The number of aromatic nitrogens is 1. The van der Waals surface area contributed by atoms with E-state index in [2.05, 4.69) is 10.3 Å². The summed E-state index contributed by atoms with van der Waals surface area (Å²) >= 11 is 0. The van der Waals surface area contributed by atoms with Gasteiger partial charge >= 0.3 is 5.97 Å². The molecule has 1 aromatic carbocycles. The first-order valence-electron chi connectivity index (χ1n) is 7.15. The van der Waals surface area contributed by atoms with E-state index in [4.69, 9.17) is 9.47 Å². The van der Waals surface area contributed by atoms with Crippen LogP contribution >= 0.6 is 0 Å². The Kier molecular flexibility index (Phi) is 5.16. The maximum atomic E-state index is 12.3. The summed E-state index contributed by atoms with van der Waals surface area (Å²) in [5.74, 6) is -0.632. The topological polar surface area (TPSA) is 80.4 Å². The van der Waals surface area contributed by atoms with Gasteiger partial charge in [0.05, 0.1) is 24.4 Å². The lowest BCUT2D eigenvalue weighted by atomic mass is 10.1. The highest BCUT2D eigenvalue weighted by Gasteiger charge is 2.20. The molecule has 6 heteroatoms. The van der Waals surface area contributed by atoms with Crippen LogP contribution in [0.15, 0.2) is 23.0 Å². The quantitative estimate of drug-likeness (QED) is 0.631. The van der Waals surface area contributed by atoms with Crippen LogP contribution in [0.4, 0.5) is 5.69 Å². The number of pyridine rings is 1. The maximum Gasteiger partial charge on any atom is 0.345 e. The number of carbonyl (C=O) groups excluding carboxylic acids is 1. The SMILES string of the molecule is CCOC(=O)c1c(NCCOC)c2cccc(C)c2[nH]c1=O. The molecule has 0 amide bonds. The minimum atomic E-state index is -0.632. The number of hydrogen-bond donors (Lipinski definition) is 2. The highest BCUT2D eigenvalue weighted by atomic mass is 16.5. The van der Waals surface area contributed by atoms with Crippen molar-refractivity contribution in [3.05, 3.63) is 39.7 Å². The molecule has 0 saturated carbocycles.